The number of amides is 4. The largest absolute Gasteiger partial charge is 0.378 e. The van der Waals surface area contributed by atoms with Gasteiger partial charge in [0.2, 0.25) is 11.7 Å². The number of hydrogen-bond donors (Lipinski definition) is 3. The summed E-state index contributed by atoms with van der Waals surface area (Å²) < 4.78 is 5.32. The molecule has 3 N–H and O–H groups in total. The third-order valence-electron chi connectivity index (χ3n) is 7.46. The Bertz CT molecular complexity index is 987. The van der Waals surface area contributed by atoms with Gasteiger partial charge in [-0.25, -0.2) is 4.79 Å². The van der Waals surface area contributed by atoms with Crippen molar-refractivity contribution in [2.24, 2.45) is 0 Å². The topological polar surface area (TPSA) is 134 Å². The van der Waals surface area contributed by atoms with E-state index in [0.29, 0.717) is 58.4 Å². The molecule has 3 rings (SSSR count). The summed E-state index contributed by atoms with van der Waals surface area (Å²) in [5.41, 5.74) is -0.115. The van der Waals surface area contributed by atoms with Crippen LogP contribution in [0.4, 0.5) is 4.79 Å². The van der Waals surface area contributed by atoms with E-state index in [4.69, 9.17) is 4.74 Å². The lowest BCUT2D eigenvalue weighted by Gasteiger charge is -2.39. The van der Waals surface area contributed by atoms with Crippen LogP contribution < -0.4 is 16.0 Å². The summed E-state index contributed by atoms with van der Waals surface area (Å²) in [7, 11) is 0. The van der Waals surface area contributed by atoms with Crippen LogP contribution in [-0.2, 0) is 30.3 Å². The van der Waals surface area contributed by atoms with Gasteiger partial charge in [0.15, 0.2) is 5.78 Å². The monoisotopic (exact) mass is 542 g/mol. The van der Waals surface area contributed by atoms with Crippen molar-refractivity contribution in [2.45, 2.75) is 82.7 Å². The average molecular weight is 543 g/mol. The number of carbonyl (C=O) groups is 5. The fraction of sp³-hybridized carbons (Fsp3) is 0.621. The van der Waals surface area contributed by atoms with Crippen LogP contribution in [0.15, 0.2) is 30.3 Å². The van der Waals surface area contributed by atoms with Crippen molar-refractivity contribution in [3.05, 3.63) is 35.9 Å². The van der Waals surface area contributed by atoms with Crippen LogP contribution in [0.3, 0.4) is 0 Å². The van der Waals surface area contributed by atoms with E-state index in [1.807, 2.05) is 37.3 Å². The zero-order valence-electron chi connectivity index (χ0n) is 23.0. The first kappa shape index (κ1) is 30.3. The summed E-state index contributed by atoms with van der Waals surface area (Å²) in [5, 5.41) is 8.19. The van der Waals surface area contributed by atoms with Crippen LogP contribution in [0.2, 0.25) is 0 Å². The molecule has 214 valence electrons. The van der Waals surface area contributed by atoms with Crippen molar-refractivity contribution in [3.63, 3.8) is 0 Å². The number of ketones is 2. The molecule has 1 atom stereocenters. The Morgan fingerprint density at radius 2 is 1.69 bits per heavy atom. The number of urea groups is 1. The van der Waals surface area contributed by atoms with Gasteiger partial charge in [0.25, 0.3) is 5.91 Å². The number of Topliss-reactive ketones (excluding diaryl/α,β-unsaturated/α-hetero) is 2. The molecule has 4 amide bonds. The van der Waals surface area contributed by atoms with Crippen molar-refractivity contribution in [2.75, 3.05) is 32.8 Å². The molecule has 1 aromatic carbocycles. The molecule has 0 spiro atoms. The summed E-state index contributed by atoms with van der Waals surface area (Å²) in [6.07, 6.45) is 5.94. The number of benzene rings is 1. The number of rotatable bonds is 13. The van der Waals surface area contributed by atoms with Gasteiger partial charge in [-0.05, 0) is 31.2 Å². The summed E-state index contributed by atoms with van der Waals surface area (Å²) in [5.74, 6) is -2.29. The third-order valence-corrected chi connectivity index (χ3v) is 7.46. The van der Waals surface area contributed by atoms with E-state index in [-0.39, 0.29) is 24.8 Å². The molecule has 1 unspecified atom stereocenters. The van der Waals surface area contributed by atoms with E-state index in [1.165, 1.54) is 0 Å². The number of aryl methyl sites for hydroxylation is 1. The van der Waals surface area contributed by atoms with Crippen LogP contribution in [0.1, 0.15) is 70.3 Å². The molecule has 1 aromatic rings. The lowest BCUT2D eigenvalue weighted by Crippen LogP contribution is -2.64. The molecule has 0 radical (unpaired) electrons. The molecule has 1 saturated heterocycles. The SMILES string of the molecule is CCCCC(NC(=O)C1(NC(=O)N2CCOCC2)CCCCC1)C(=O)C(=O)NCC(=O)CCc1ccccc1. The van der Waals surface area contributed by atoms with Gasteiger partial charge in [-0.1, -0.05) is 69.4 Å². The summed E-state index contributed by atoms with van der Waals surface area (Å²) >= 11 is 0. The molecular formula is C29H42N4O6. The van der Waals surface area contributed by atoms with E-state index in [1.54, 1.807) is 4.90 Å². The Hall–Kier alpha value is -3.27. The molecule has 10 heteroatoms. The first-order valence-corrected chi connectivity index (χ1v) is 14.2. The molecular weight excluding hydrogens is 500 g/mol. The number of unbranched alkanes of at least 4 members (excludes halogenated alkanes) is 1. The first-order valence-electron chi connectivity index (χ1n) is 14.2. The quantitative estimate of drug-likeness (QED) is 0.328. The molecule has 39 heavy (non-hydrogen) atoms. The fourth-order valence-electron chi connectivity index (χ4n) is 5.03. The molecule has 2 aliphatic rings. The second kappa shape index (κ2) is 15.4. The molecule has 0 bridgehead atoms. The predicted octanol–water partition coefficient (Wildman–Crippen LogP) is 2.29. The number of nitrogens with zero attached hydrogens (tertiary/aromatic N) is 1. The predicted molar refractivity (Wildman–Crippen MR) is 146 cm³/mol. The molecule has 1 aliphatic heterocycles. The first-order chi connectivity index (χ1) is 18.8. The standard InChI is InChI=1S/C29H42N4O6/c1-2-3-12-24(25(35)26(36)30-21-23(34)14-13-22-10-6-4-7-11-22)31-27(37)29(15-8-5-9-16-29)32-28(38)33-17-19-39-20-18-33/h4,6-7,10-11,24H,2-3,5,8-9,12-21H2,1H3,(H,30,36)(H,31,37)(H,32,38). The Balaban J connectivity index is 1.59. The van der Waals surface area contributed by atoms with Gasteiger partial charge >= 0.3 is 6.03 Å². The van der Waals surface area contributed by atoms with Gasteiger partial charge in [0.1, 0.15) is 5.54 Å². The smallest absolute Gasteiger partial charge is 0.318 e. The fourth-order valence-corrected chi connectivity index (χ4v) is 5.03. The highest BCUT2D eigenvalue weighted by molar-refractivity contribution is 6.38. The van der Waals surface area contributed by atoms with Gasteiger partial charge in [0, 0.05) is 19.5 Å². The molecule has 1 saturated carbocycles. The molecule has 1 aliphatic carbocycles. The Morgan fingerprint density at radius 1 is 1.00 bits per heavy atom. The third kappa shape index (κ3) is 9.16. The van der Waals surface area contributed by atoms with Crippen LogP contribution in [0.25, 0.3) is 0 Å². The van der Waals surface area contributed by atoms with Crippen molar-refractivity contribution >= 4 is 29.4 Å². The minimum Gasteiger partial charge on any atom is -0.378 e. The number of nitrogens with one attached hydrogen (secondary N) is 3. The highest BCUT2D eigenvalue weighted by Crippen LogP contribution is 2.29. The number of hydrogen-bond acceptors (Lipinski definition) is 6. The maximum atomic E-state index is 13.6. The Labute approximate surface area is 230 Å². The summed E-state index contributed by atoms with van der Waals surface area (Å²) in [4.78, 5) is 66.3. The molecule has 1 heterocycles. The van der Waals surface area contributed by atoms with Crippen molar-refractivity contribution < 1.29 is 28.7 Å². The average Bonchev–Trinajstić information content (AvgIpc) is 2.97. The molecule has 2 fully saturated rings. The molecule has 10 nitrogen and oxygen atoms in total. The van der Waals surface area contributed by atoms with Gasteiger partial charge in [-0.3, -0.25) is 19.2 Å². The molecule has 0 aromatic heterocycles. The second-order valence-corrected chi connectivity index (χ2v) is 10.4. The van der Waals surface area contributed by atoms with Gasteiger partial charge in [0.05, 0.1) is 25.8 Å². The minimum atomic E-state index is -1.14. The van der Waals surface area contributed by atoms with Gasteiger partial charge in [-0.15, -0.1) is 0 Å². The van der Waals surface area contributed by atoms with Crippen molar-refractivity contribution in [1.82, 2.24) is 20.9 Å². The Morgan fingerprint density at radius 3 is 2.36 bits per heavy atom. The highest BCUT2D eigenvalue weighted by atomic mass is 16.5. The van der Waals surface area contributed by atoms with Crippen LogP contribution >= 0.6 is 0 Å². The van der Waals surface area contributed by atoms with E-state index < -0.39 is 29.2 Å². The lowest BCUT2D eigenvalue weighted by molar-refractivity contribution is -0.141. The van der Waals surface area contributed by atoms with Crippen LogP contribution in [-0.4, -0.2) is 78.7 Å². The zero-order chi connectivity index (χ0) is 28.1. The van der Waals surface area contributed by atoms with E-state index in [0.717, 1.165) is 31.2 Å². The van der Waals surface area contributed by atoms with Crippen LogP contribution in [0.5, 0.6) is 0 Å². The lowest BCUT2D eigenvalue weighted by atomic mass is 9.80. The van der Waals surface area contributed by atoms with E-state index in [9.17, 15) is 24.0 Å². The normalized spacial score (nSPS) is 17.5. The number of carbonyl (C=O) groups excluding carboxylic acids is 5. The second-order valence-electron chi connectivity index (χ2n) is 10.4. The summed E-state index contributed by atoms with van der Waals surface area (Å²) in [6.45, 7) is 3.51. The summed E-state index contributed by atoms with van der Waals surface area (Å²) in [6, 6.07) is 8.21. The van der Waals surface area contributed by atoms with Gasteiger partial charge in [-0.2, -0.15) is 0 Å². The van der Waals surface area contributed by atoms with E-state index in [2.05, 4.69) is 16.0 Å². The van der Waals surface area contributed by atoms with E-state index >= 15 is 0 Å². The Kier molecular flexibility index (Phi) is 11.9. The minimum absolute atomic E-state index is 0.180. The van der Waals surface area contributed by atoms with Crippen molar-refractivity contribution in [3.8, 4) is 0 Å². The maximum absolute atomic E-state index is 13.6. The van der Waals surface area contributed by atoms with Crippen LogP contribution in [0, 0.1) is 0 Å². The highest BCUT2D eigenvalue weighted by Gasteiger charge is 2.43. The number of morpholine rings is 1. The zero-order valence-corrected chi connectivity index (χ0v) is 23.0. The van der Waals surface area contributed by atoms with Crippen molar-refractivity contribution in [1.29, 1.82) is 0 Å². The maximum Gasteiger partial charge on any atom is 0.318 e. The number of ether oxygens (including phenoxy) is 1. The van der Waals surface area contributed by atoms with Gasteiger partial charge < -0.3 is 25.6 Å².